The van der Waals surface area contributed by atoms with Crippen LogP contribution in [-0.2, 0) is 4.79 Å². The topological polar surface area (TPSA) is 83.3 Å². The summed E-state index contributed by atoms with van der Waals surface area (Å²) >= 11 is 1.29. The SMILES string of the molecule is COc1ccc2ccc(O)c(C=NN=C3NC(=O)CS3)c2c1. The number of rotatable bonds is 3. The average Bonchev–Trinajstić information content (AvgIpc) is 2.94. The first kappa shape index (κ1) is 14.4. The van der Waals surface area contributed by atoms with E-state index in [1.54, 1.807) is 13.2 Å². The number of carbonyl (C=O) groups excluding carboxylic acids is 1. The lowest BCUT2D eigenvalue weighted by Gasteiger charge is -2.06. The molecule has 6 nitrogen and oxygen atoms in total. The van der Waals surface area contributed by atoms with E-state index in [0.717, 1.165) is 10.8 Å². The van der Waals surface area contributed by atoms with Crippen LogP contribution in [0.2, 0.25) is 0 Å². The molecule has 22 heavy (non-hydrogen) atoms. The Kier molecular flexibility index (Phi) is 3.97. The summed E-state index contributed by atoms with van der Waals surface area (Å²) in [6.07, 6.45) is 1.47. The first-order chi connectivity index (χ1) is 10.7. The molecule has 1 heterocycles. The highest BCUT2D eigenvalue weighted by Crippen LogP contribution is 2.29. The Hall–Kier alpha value is -2.54. The molecule has 1 fully saturated rings. The number of fused-ring (bicyclic) bond motifs is 1. The molecule has 1 aliphatic heterocycles. The Labute approximate surface area is 130 Å². The van der Waals surface area contributed by atoms with Crippen molar-refractivity contribution in [3.63, 3.8) is 0 Å². The maximum absolute atomic E-state index is 11.1. The number of amides is 1. The fourth-order valence-electron chi connectivity index (χ4n) is 2.09. The van der Waals surface area contributed by atoms with Gasteiger partial charge >= 0.3 is 0 Å². The summed E-state index contributed by atoms with van der Waals surface area (Å²) in [6, 6.07) is 9.01. The number of hydrogen-bond donors (Lipinski definition) is 2. The maximum atomic E-state index is 11.1. The van der Waals surface area contributed by atoms with Gasteiger partial charge in [-0.05, 0) is 29.0 Å². The van der Waals surface area contributed by atoms with Crippen molar-refractivity contribution in [1.82, 2.24) is 5.32 Å². The zero-order valence-electron chi connectivity index (χ0n) is 11.7. The lowest BCUT2D eigenvalue weighted by Crippen LogP contribution is -2.19. The third kappa shape index (κ3) is 2.89. The van der Waals surface area contributed by atoms with E-state index in [4.69, 9.17) is 4.74 Å². The van der Waals surface area contributed by atoms with E-state index in [1.807, 2.05) is 24.3 Å². The van der Waals surface area contributed by atoms with Gasteiger partial charge in [-0.3, -0.25) is 4.79 Å². The Morgan fingerprint density at radius 1 is 1.36 bits per heavy atom. The van der Waals surface area contributed by atoms with Gasteiger partial charge in [0.05, 0.1) is 19.1 Å². The van der Waals surface area contributed by atoms with Crippen LogP contribution < -0.4 is 10.1 Å². The van der Waals surface area contributed by atoms with Crippen molar-refractivity contribution in [2.45, 2.75) is 0 Å². The summed E-state index contributed by atoms with van der Waals surface area (Å²) in [7, 11) is 1.59. The van der Waals surface area contributed by atoms with Crippen LogP contribution in [0.25, 0.3) is 10.8 Å². The minimum Gasteiger partial charge on any atom is -0.507 e. The number of nitrogens with zero attached hydrogens (tertiary/aromatic N) is 2. The second kappa shape index (κ2) is 6.07. The van der Waals surface area contributed by atoms with Crippen molar-refractivity contribution in [2.24, 2.45) is 10.2 Å². The van der Waals surface area contributed by atoms with Gasteiger partial charge in [-0.1, -0.05) is 23.9 Å². The highest BCUT2D eigenvalue weighted by atomic mass is 32.2. The highest BCUT2D eigenvalue weighted by molar-refractivity contribution is 8.15. The van der Waals surface area contributed by atoms with Crippen molar-refractivity contribution >= 4 is 39.8 Å². The van der Waals surface area contributed by atoms with Crippen molar-refractivity contribution in [2.75, 3.05) is 12.9 Å². The standard InChI is InChI=1S/C15H13N3O3S/c1-21-10-4-2-9-3-5-13(19)12(11(9)6-10)7-16-18-15-17-14(20)8-22-15/h2-7,19H,8H2,1H3,(H,17,18,20). The molecule has 0 radical (unpaired) electrons. The molecule has 0 saturated carbocycles. The number of phenols is 1. The molecule has 2 aromatic rings. The first-order valence-electron chi connectivity index (χ1n) is 6.51. The molecule has 112 valence electrons. The van der Waals surface area contributed by atoms with E-state index in [9.17, 15) is 9.90 Å². The Bertz CT molecular complexity index is 802. The molecule has 1 aliphatic rings. The van der Waals surface area contributed by atoms with Crippen LogP contribution in [0.1, 0.15) is 5.56 Å². The lowest BCUT2D eigenvalue weighted by molar-refractivity contribution is -0.116. The number of aromatic hydroxyl groups is 1. The minimum absolute atomic E-state index is 0.0864. The summed E-state index contributed by atoms with van der Waals surface area (Å²) in [5, 5.41) is 22.7. The van der Waals surface area contributed by atoms with Crippen LogP contribution >= 0.6 is 11.8 Å². The average molecular weight is 315 g/mol. The van der Waals surface area contributed by atoms with Crippen LogP contribution in [-0.4, -0.2) is 35.3 Å². The fourth-order valence-corrected chi connectivity index (χ4v) is 2.72. The Balaban J connectivity index is 1.98. The third-order valence-corrected chi connectivity index (χ3v) is 4.03. The second-order valence-corrected chi connectivity index (χ2v) is 5.54. The minimum atomic E-state index is -0.0864. The summed E-state index contributed by atoms with van der Waals surface area (Å²) in [5.74, 6) is 1.06. The van der Waals surface area contributed by atoms with E-state index in [1.165, 1.54) is 18.0 Å². The molecule has 1 amide bonds. The molecule has 2 aromatic carbocycles. The fraction of sp³-hybridized carbons (Fsp3) is 0.133. The number of nitrogens with one attached hydrogen (secondary N) is 1. The van der Waals surface area contributed by atoms with Crippen molar-refractivity contribution in [1.29, 1.82) is 0 Å². The summed E-state index contributed by atoms with van der Waals surface area (Å²) in [4.78, 5) is 11.1. The molecule has 0 aliphatic carbocycles. The van der Waals surface area contributed by atoms with Gasteiger partial charge in [-0.25, -0.2) is 0 Å². The molecule has 0 spiro atoms. The molecule has 0 aromatic heterocycles. The van der Waals surface area contributed by atoms with E-state index in [0.29, 0.717) is 22.2 Å². The van der Waals surface area contributed by atoms with Crippen LogP contribution in [0.4, 0.5) is 0 Å². The van der Waals surface area contributed by atoms with Gasteiger partial charge < -0.3 is 15.2 Å². The summed E-state index contributed by atoms with van der Waals surface area (Å²) in [5.41, 5.74) is 0.551. The lowest BCUT2D eigenvalue weighted by atomic mass is 10.0. The highest BCUT2D eigenvalue weighted by Gasteiger charge is 2.16. The molecule has 2 N–H and O–H groups in total. The monoisotopic (exact) mass is 315 g/mol. The quantitative estimate of drug-likeness (QED) is 0.671. The molecular formula is C15H13N3O3S. The number of benzene rings is 2. The van der Waals surface area contributed by atoms with Gasteiger partial charge in [-0.15, -0.1) is 5.10 Å². The number of phenolic OH excluding ortho intramolecular Hbond substituents is 1. The predicted octanol–water partition coefficient (Wildman–Crippen LogP) is 2.11. The van der Waals surface area contributed by atoms with Crippen molar-refractivity contribution in [3.05, 3.63) is 35.9 Å². The van der Waals surface area contributed by atoms with Gasteiger partial charge in [0.15, 0.2) is 5.17 Å². The van der Waals surface area contributed by atoms with E-state index < -0.39 is 0 Å². The zero-order valence-corrected chi connectivity index (χ0v) is 12.6. The summed E-state index contributed by atoms with van der Waals surface area (Å²) in [6.45, 7) is 0. The second-order valence-electron chi connectivity index (χ2n) is 4.57. The first-order valence-corrected chi connectivity index (χ1v) is 7.49. The van der Waals surface area contributed by atoms with E-state index in [2.05, 4.69) is 15.5 Å². The smallest absolute Gasteiger partial charge is 0.236 e. The van der Waals surface area contributed by atoms with Crippen LogP contribution in [0, 0.1) is 0 Å². The van der Waals surface area contributed by atoms with Gasteiger partial charge in [0.25, 0.3) is 0 Å². The molecule has 0 unspecified atom stereocenters. The largest absolute Gasteiger partial charge is 0.507 e. The molecule has 7 heteroatoms. The molecule has 1 saturated heterocycles. The predicted molar refractivity (Wildman–Crippen MR) is 87.8 cm³/mol. The number of ether oxygens (including phenoxy) is 1. The van der Waals surface area contributed by atoms with Crippen LogP contribution in [0.5, 0.6) is 11.5 Å². The maximum Gasteiger partial charge on any atom is 0.236 e. The van der Waals surface area contributed by atoms with Crippen molar-refractivity contribution < 1.29 is 14.6 Å². The zero-order chi connectivity index (χ0) is 15.5. The Morgan fingerprint density at radius 3 is 2.91 bits per heavy atom. The molecule has 0 bridgehead atoms. The van der Waals surface area contributed by atoms with Crippen LogP contribution in [0.15, 0.2) is 40.5 Å². The van der Waals surface area contributed by atoms with Crippen LogP contribution in [0.3, 0.4) is 0 Å². The third-order valence-electron chi connectivity index (χ3n) is 3.17. The van der Waals surface area contributed by atoms with Crippen molar-refractivity contribution in [3.8, 4) is 11.5 Å². The van der Waals surface area contributed by atoms with E-state index in [-0.39, 0.29) is 11.7 Å². The van der Waals surface area contributed by atoms with Gasteiger partial charge in [0.1, 0.15) is 11.5 Å². The van der Waals surface area contributed by atoms with Gasteiger partial charge in [0, 0.05) is 5.56 Å². The Morgan fingerprint density at radius 2 is 2.18 bits per heavy atom. The van der Waals surface area contributed by atoms with E-state index >= 15 is 0 Å². The molecule has 0 atom stereocenters. The number of thioether (sulfide) groups is 1. The normalized spacial score (nSPS) is 16.6. The number of hydrogen-bond acceptors (Lipinski definition) is 6. The van der Waals surface area contributed by atoms with Gasteiger partial charge in [-0.2, -0.15) is 5.10 Å². The number of amidine groups is 1. The molecule has 3 rings (SSSR count). The number of carbonyl (C=O) groups is 1. The molecular weight excluding hydrogens is 302 g/mol. The number of methoxy groups -OCH3 is 1. The van der Waals surface area contributed by atoms with Gasteiger partial charge in [0.2, 0.25) is 5.91 Å². The summed E-state index contributed by atoms with van der Waals surface area (Å²) < 4.78 is 5.21.